The van der Waals surface area contributed by atoms with Crippen LogP contribution >= 0.6 is 11.6 Å². The van der Waals surface area contributed by atoms with Gasteiger partial charge in [-0.15, -0.1) is 0 Å². The first kappa shape index (κ1) is 26.6. The topological polar surface area (TPSA) is 96.3 Å². The third-order valence-corrected chi connectivity index (χ3v) is 6.45. The van der Waals surface area contributed by atoms with Crippen molar-refractivity contribution in [3.8, 4) is 11.5 Å². The number of carboxylic acids is 2. The molecule has 4 rings (SSSR count). The first-order valence-corrected chi connectivity index (χ1v) is 11.3. The average molecular weight is 516 g/mol. The van der Waals surface area contributed by atoms with Gasteiger partial charge in [-0.3, -0.25) is 4.79 Å². The molecule has 0 atom stereocenters. The molecule has 2 aliphatic heterocycles. The van der Waals surface area contributed by atoms with Crippen LogP contribution in [0, 0.1) is 0 Å². The molecule has 0 bridgehead atoms. The lowest BCUT2D eigenvalue weighted by Gasteiger charge is -2.38. The zero-order chi connectivity index (χ0) is 25.6. The van der Waals surface area contributed by atoms with Crippen LogP contribution in [0.15, 0.2) is 42.5 Å². The maximum atomic E-state index is 10.8. The zero-order valence-corrected chi connectivity index (χ0v) is 19.4. The number of rotatable bonds is 6. The molecular formula is C24H25ClF3NO6. The van der Waals surface area contributed by atoms with Crippen LogP contribution < -0.4 is 9.47 Å². The number of halogens is 4. The number of fused-ring (bicyclic) bond motifs is 2. The fourth-order valence-electron chi connectivity index (χ4n) is 4.09. The van der Waals surface area contributed by atoms with Crippen LogP contribution in [0.2, 0.25) is 5.02 Å². The van der Waals surface area contributed by atoms with E-state index in [2.05, 4.69) is 11.0 Å². The van der Waals surface area contributed by atoms with Gasteiger partial charge in [0, 0.05) is 34.2 Å². The fraction of sp³-hybridized carbons (Fsp3) is 0.417. The van der Waals surface area contributed by atoms with Crippen LogP contribution in [-0.2, 0) is 21.6 Å². The van der Waals surface area contributed by atoms with Crippen molar-refractivity contribution >= 4 is 23.5 Å². The Bertz CT molecular complexity index is 1050. The van der Waals surface area contributed by atoms with Crippen LogP contribution in [0.1, 0.15) is 30.4 Å². The Morgan fingerprint density at radius 2 is 1.77 bits per heavy atom. The molecule has 7 nitrogen and oxygen atoms in total. The molecule has 0 aromatic heterocycles. The maximum Gasteiger partial charge on any atom is 0.490 e. The van der Waals surface area contributed by atoms with Crippen LogP contribution in [0.3, 0.4) is 0 Å². The summed E-state index contributed by atoms with van der Waals surface area (Å²) in [6.45, 7) is 3.53. The van der Waals surface area contributed by atoms with Gasteiger partial charge in [-0.2, -0.15) is 13.2 Å². The zero-order valence-electron chi connectivity index (χ0n) is 18.7. The molecular weight excluding hydrogens is 491 g/mol. The predicted molar refractivity (Wildman–Crippen MR) is 121 cm³/mol. The van der Waals surface area contributed by atoms with Crippen LogP contribution in [0.25, 0.3) is 0 Å². The van der Waals surface area contributed by atoms with E-state index in [4.69, 9.17) is 36.1 Å². The molecule has 0 aliphatic carbocycles. The molecule has 35 heavy (non-hydrogen) atoms. The number of aliphatic carboxylic acids is 2. The third-order valence-electron chi connectivity index (χ3n) is 6.08. The van der Waals surface area contributed by atoms with Gasteiger partial charge in [0.05, 0.1) is 13.0 Å². The number of likely N-dealkylation sites (tertiary alicyclic amines) is 1. The quantitative estimate of drug-likeness (QED) is 0.573. The summed E-state index contributed by atoms with van der Waals surface area (Å²) in [7, 11) is 0. The second-order valence-corrected chi connectivity index (χ2v) is 8.80. The molecule has 0 amide bonds. The second kappa shape index (κ2) is 11.2. The number of alkyl halides is 3. The molecule has 0 saturated carbocycles. The van der Waals surface area contributed by atoms with Gasteiger partial charge >= 0.3 is 18.1 Å². The van der Waals surface area contributed by atoms with Gasteiger partial charge in [0.25, 0.3) is 0 Å². The normalized spacial score (nSPS) is 16.6. The summed E-state index contributed by atoms with van der Waals surface area (Å²) in [5.74, 6) is -1.82. The molecule has 1 saturated heterocycles. The Morgan fingerprint density at radius 3 is 2.37 bits per heavy atom. The number of hydrogen-bond acceptors (Lipinski definition) is 5. The average Bonchev–Trinajstić information content (AvgIpc) is 3.15. The van der Waals surface area contributed by atoms with Crippen molar-refractivity contribution in [3.63, 3.8) is 0 Å². The number of carboxylic acid groups (broad SMARTS) is 2. The van der Waals surface area contributed by atoms with Crippen molar-refractivity contribution in [1.82, 2.24) is 4.90 Å². The minimum absolute atomic E-state index is 0.0380. The van der Waals surface area contributed by atoms with E-state index in [1.807, 2.05) is 36.4 Å². The van der Waals surface area contributed by atoms with E-state index in [0.717, 1.165) is 43.0 Å². The highest BCUT2D eigenvalue weighted by molar-refractivity contribution is 6.31. The van der Waals surface area contributed by atoms with E-state index in [1.165, 1.54) is 5.56 Å². The van der Waals surface area contributed by atoms with Crippen molar-refractivity contribution in [1.29, 1.82) is 0 Å². The van der Waals surface area contributed by atoms with E-state index >= 15 is 0 Å². The van der Waals surface area contributed by atoms with Crippen molar-refractivity contribution in [2.45, 2.75) is 37.5 Å². The molecule has 1 spiro atoms. The summed E-state index contributed by atoms with van der Waals surface area (Å²) in [5.41, 5.74) is 2.24. The Morgan fingerprint density at radius 1 is 1.11 bits per heavy atom. The largest absolute Gasteiger partial charge is 0.492 e. The smallest absolute Gasteiger partial charge is 0.490 e. The summed E-state index contributed by atoms with van der Waals surface area (Å²) in [4.78, 5) is 21.9. The Kier molecular flexibility index (Phi) is 8.50. The van der Waals surface area contributed by atoms with E-state index < -0.39 is 18.1 Å². The highest BCUT2D eigenvalue weighted by Gasteiger charge is 2.43. The lowest BCUT2D eigenvalue weighted by Crippen LogP contribution is -2.44. The molecule has 190 valence electrons. The Labute approximate surface area is 205 Å². The van der Waals surface area contributed by atoms with Crippen LogP contribution in [0.5, 0.6) is 11.5 Å². The molecule has 2 aromatic rings. The van der Waals surface area contributed by atoms with Gasteiger partial charge in [0.2, 0.25) is 0 Å². The van der Waals surface area contributed by atoms with Gasteiger partial charge in [0.1, 0.15) is 18.1 Å². The standard InChI is InChI=1S/C22H24ClNO4.C2HF3O2/c23-19-4-2-1-3-16(19)14-27-17-5-6-18-20(13-17)28-15-22(18)8-11-24(12-9-22)10-7-21(25)26;3-2(4,5)1(6)7/h1-6,13H,7-12,14-15H2,(H,25,26);(H,6,7). The van der Waals surface area contributed by atoms with Crippen molar-refractivity contribution in [2.24, 2.45) is 0 Å². The SMILES string of the molecule is O=C(O)C(F)(F)F.O=C(O)CCN1CCC2(CC1)COc1cc(OCc3ccccc3Cl)ccc12. The third kappa shape index (κ3) is 7.02. The van der Waals surface area contributed by atoms with Gasteiger partial charge in [-0.25, -0.2) is 4.79 Å². The molecule has 0 unspecified atom stereocenters. The molecule has 2 aromatic carbocycles. The molecule has 2 heterocycles. The fourth-order valence-corrected chi connectivity index (χ4v) is 4.28. The summed E-state index contributed by atoms with van der Waals surface area (Å²) in [6, 6.07) is 13.8. The highest BCUT2D eigenvalue weighted by atomic mass is 35.5. The highest BCUT2D eigenvalue weighted by Crippen LogP contribution is 2.46. The number of nitrogens with zero attached hydrogens (tertiary/aromatic N) is 1. The first-order chi connectivity index (χ1) is 16.5. The number of hydrogen-bond donors (Lipinski definition) is 2. The van der Waals surface area contributed by atoms with Gasteiger partial charge in [-0.1, -0.05) is 35.9 Å². The Hall–Kier alpha value is -2.98. The number of carbonyl (C=O) groups is 2. The molecule has 0 radical (unpaired) electrons. The maximum absolute atomic E-state index is 10.8. The van der Waals surface area contributed by atoms with E-state index in [1.54, 1.807) is 0 Å². The number of ether oxygens (including phenoxy) is 2. The van der Waals surface area contributed by atoms with Gasteiger partial charge in [0.15, 0.2) is 0 Å². The van der Waals surface area contributed by atoms with Crippen molar-refractivity contribution < 1.29 is 42.4 Å². The first-order valence-electron chi connectivity index (χ1n) is 10.9. The van der Waals surface area contributed by atoms with E-state index in [9.17, 15) is 18.0 Å². The minimum Gasteiger partial charge on any atom is -0.492 e. The molecule has 2 aliphatic rings. The summed E-state index contributed by atoms with van der Waals surface area (Å²) < 4.78 is 43.7. The second-order valence-electron chi connectivity index (χ2n) is 8.40. The van der Waals surface area contributed by atoms with Crippen LogP contribution in [0.4, 0.5) is 13.2 Å². The summed E-state index contributed by atoms with van der Waals surface area (Å²) in [6.07, 6.45) is -2.91. The Balaban J connectivity index is 0.000000429. The lowest BCUT2D eigenvalue weighted by molar-refractivity contribution is -0.192. The molecule has 2 N–H and O–H groups in total. The predicted octanol–water partition coefficient (Wildman–Crippen LogP) is 4.75. The van der Waals surface area contributed by atoms with Crippen molar-refractivity contribution in [3.05, 3.63) is 58.6 Å². The van der Waals surface area contributed by atoms with E-state index in [-0.39, 0.29) is 11.8 Å². The molecule has 1 fully saturated rings. The van der Waals surface area contributed by atoms with Gasteiger partial charge in [-0.05, 0) is 38.1 Å². The molecule has 11 heteroatoms. The lowest BCUT2D eigenvalue weighted by atomic mass is 9.74. The van der Waals surface area contributed by atoms with Gasteiger partial charge < -0.3 is 24.6 Å². The summed E-state index contributed by atoms with van der Waals surface area (Å²) >= 11 is 6.19. The summed E-state index contributed by atoms with van der Waals surface area (Å²) in [5, 5.41) is 16.7. The van der Waals surface area contributed by atoms with Crippen LogP contribution in [-0.4, -0.2) is 59.5 Å². The minimum atomic E-state index is -5.08. The number of piperidine rings is 1. The van der Waals surface area contributed by atoms with Crippen molar-refractivity contribution in [2.75, 3.05) is 26.2 Å². The van der Waals surface area contributed by atoms with E-state index in [0.29, 0.717) is 24.8 Å². The monoisotopic (exact) mass is 515 g/mol. The number of benzene rings is 2.